The van der Waals surface area contributed by atoms with Gasteiger partial charge in [-0.15, -0.1) is 0 Å². The molecule has 120 valence electrons. The molecule has 3 heterocycles. The molecule has 2 aromatic heterocycles. The minimum Gasteiger partial charge on any atom is -0.497 e. The zero-order valence-corrected chi connectivity index (χ0v) is 14.4. The monoisotopic (exact) mass is 347 g/mol. The van der Waals surface area contributed by atoms with E-state index in [9.17, 15) is 0 Å². The number of hydrogen-bond donors (Lipinski definition) is 0. The van der Waals surface area contributed by atoms with Crippen molar-refractivity contribution in [1.82, 2.24) is 9.97 Å². The lowest BCUT2D eigenvalue weighted by molar-refractivity contribution is 0.170. The van der Waals surface area contributed by atoms with Crippen LogP contribution in [0.15, 0.2) is 29.8 Å². The molecule has 0 radical (unpaired) electrons. The molecular formula is C16H17N3O2S2. The van der Waals surface area contributed by atoms with Crippen LogP contribution in [-0.4, -0.2) is 36.3 Å². The Morgan fingerprint density at radius 3 is 2.87 bits per heavy atom. The first-order valence-electron chi connectivity index (χ1n) is 7.57. The second-order valence-corrected chi connectivity index (χ2v) is 7.30. The number of hydrogen-bond acceptors (Lipinski definition) is 7. The zero-order valence-electron chi connectivity index (χ0n) is 12.8. The molecule has 23 heavy (non-hydrogen) atoms. The van der Waals surface area contributed by atoms with E-state index in [0.29, 0.717) is 0 Å². The van der Waals surface area contributed by atoms with Gasteiger partial charge in [0.1, 0.15) is 11.9 Å². The van der Waals surface area contributed by atoms with E-state index in [4.69, 9.17) is 14.5 Å². The molecule has 5 nitrogen and oxygen atoms in total. The molecule has 0 bridgehead atoms. The molecule has 3 aromatic rings. The van der Waals surface area contributed by atoms with Gasteiger partial charge in [0.15, 0.2) is 5.13 Å². The highest BCUT2D eigenvalue weighted by Crippen LogP contribution is 2.33. The summed E-state index contributed by atoms with van der Waals surface area (Å²) < 4.78 is 12.4. The maximum Gasteiger partial charge on any atom is 0.273 e. The smallest absolute Gasteiger partial charge is 0.273 e. The molecule has 1 fully saturated rings. The van der Waals surface area contributed by atoms with E-state index in [0.717, 1.165) is 47.5 Å². The summed E-state index contributed by atoms with van der Waals surface area (Å²) in [5, 5.41) is 3.80. The summed E-state index contributed by atoms with van der Waals surface area (Å²) in [5.74, 6) is 0.878. The average Bonchev–Trinajstić information content (AvgIpc) is 3.24. The summed E-state index contributed by atoms with van der Waals surface area (Å²) >= 11 is 3.27. The Bertz CT molecular complexity index is 780. The second kappa shape index (κ2) is 6.33. The standard InChI is InChI=1S/C16H17N3O2S2/c1-20-12-2-3-13-14(10-12)23-15(18-13)19-7-4-11(5-8-19)21-16-17-6-9-22-16/h2-3,6,9-11H,4-5,7-8H2,1H3. The highest BCUT2D eigenvalue weighted by Gasteiger charge is 2.23. The summed E-state index contributed by atoms with van der Waals surface area (Å²) in [6, 6.07) is 6.03. The van der Waals surface area contributed by atoms with Crippen LogP contribution in [0.3, 0.4) is 0 Å². The van der Waals surface area contributed by atoms with Crippen LogP contribution in [0.1, 0.15) is 12.8 Å². The molecular weight excluding hydrogens is 330 g/mol. The maximum absolute atomic E-state index is 5.92. The Morgan fingerprint density at radius 2 is 2.13 bits per heavy atom. The minimum absolute atomic E-state index is 0.256. The number of nitrogens with zero attached hydrogens (tertiary/aromatic N) is 3. The molecule has 0 unspecified atom stereocenters. The van der Waals surface area contributed by atoms with E-state index in [-0.39, 0.29) is 6.10 Å². The van der Waals surface area contributed by atoms with E-state index in [1.807, 2.05) is 17.5 Å². The molecule has 1 aliphatic rings. The third-order valence-corrected chi connectivity index (χ3v) is 5.71. The minimum atomic E-state index is 0.256. The van der Waals surface area contributed by atoms with E-state index in [1.54, 1.807) is 36.0 Å². The maximum atomic E-state index is 5.92. The molecule has 0 saturated carbocycles. The van der Waals surface area contributed by atoms with Gasteiger partial charge in [-0.1, -0.05) is 22.7 Å². The molecule has 0 amide bonds. The van der Waals surface area contributed by atoms with Crippen molar-refractivity contribution in [2.24, 2.45) is 0 Å². The van der Waals surface area contributed by atoms with Crippen LogP contribution in [0.5, 0.6) is 10.9 Å². The number of rotatable bonds is 4. The molecule has 0 spiro atoms. The summed E-state index contributed by atoms with van der Waals surface area (Å²) in [6.07, 6.45) is 4.04. The first kappa shape index (κ1) is 14.7. The van der Waals surface area contributed by atoms with E-state index in [2.05, 4.69) is 16.0 Å². The summed E-state index contributed by atoms with van der Waals surface area (Å²) in [5.41, 5.74) is 1.03. The van der Waals surface area contributed by atoms with Gasteiger partial charge >= 0.3 is 0 Å². The van der Waals surface area contributed by atoms with Crippen LogP contribution in [0.25, 0.3) is 10.2 Å². The Kier molecular flexibility index (Phi) is 4.05. The molecule has 4 rings (SSSR count). The third kappa shape index (κ3) is 3.11. The molecule has 1 aliphatic heterocycles. The van der Waals surface area contributed by atoms with E-state index in [1.165, 1.54) is 4.70 Å². The van der Waals surface area contributed by atoms with Gasteiger partial charge in [0, 0.05) is 37.5 Å². The van der Waals surface area contributed by atoms with Gasteiger partial charge in [0.05, 0.1) is 17.3 Å². The number of anilines is 1. The van der Waals surface area contributed by atoms with Crippen LogP contribution in [0.4, 0.5) is 5.13 Å². The SMILES string of the molecule is COc1ccc2nc(N3CCC(Oc4nccs4)CC3)sc2c1. The van der Waals surface area contributed by atoms with Crippen LogP contribution < -0.4 is 14.4 Å². The van der Waals surface area contributed by atoms with E-state index >= 15 is 0 Å². The Morgan fingerprint density at radius 1 is 1.26 bits per heavy atom. The number of methoxy groups -OCH3 is 1. The first-order valence-corrected chi connectivity index (χ1v) is 9.27. The second-order valence-electron chi connectivity index (χ2n) is 5.43. The first-order chi connectivity index (χ1) is 11.3. The van der Waals surface area contributed by atoms with Crippen molar-refractivity contribution in [2.75, 3.05) is 25.1 Å². The lowest BCUT2D eigenvalue weighted by atomic mass is 10.1. The molecule has 0 atom stereocenters. The van der Waals surface area contributed by atoms with Gasteiger partial charge in [-0.05, 0) is 18.2 Å². The quantitative estimate of drug-likeness (QED) is 0.718. The van der Waals surface area contributed by atoms with Crippen molar-refractivity contribution in [3.05, 3.63) is 29.8 Å². The number of piperidine rings is 1. The number of aromatic nitrogens is 2. The van der Waals surface area contributed by atoms with Gasteiger partial charge in [0.25, 0.3) is 5.19 Å². The van der Waals surface area contributed by atoms with Crippen molar-refractivity contribution >= 4 is 38.0 Å². The van der Waals surface area contributed by atoms with Crippen LogP contribution in [0.2, 0.25) is 0 Å². The van der Waals surface area contributed by atoms with Crippen molar-refractivity contribution in [1.29, 1.82) is 0 Å². The largest absolute Gasteiger partial charge is 0.497 e. The molecule has 0 aliphatic carbocycles. The summed E-state index contributed by atoms with van der Waals surface area (Å²) in [4.78, 5) is 11.3. The molecule has 0 N–H and O–H groups in total. The number of ether oxygens (including phenoxy) is 2. The van der Waals surface area contributed by atoms with Crippen molar-refractivity contribution < 1.29 is 9.47 Å². The van der Waals surface area contributed by atoms with Gasteiger partial charge in [0.2, 0.25) is 0 Å². The fourth-order valence-corrected chi connectivity index (χ4v) is 4.33. The third-order valence-electron chi connectivity index (χ3n) is 3.97. The average molecular weight is 347 g/mol. The zero-order chi connectivity index (χ0) is 15.6. The number of thiazole rings is 2. The highest BCUT2D eigenvalue weighted by atomic mass is 32.1. The van der Waals surface area contributed by atoms with E-state index < -0.39 is 0 Å². The molecule has 1 saturated heterocycles. The molecule has 7 heteroatoms. The van der Waals surface area contributed by atoms with Crippen molar-refractivity contribution in [3.8, 4) is 10.9 Å². The predicted octanol–water partition coefficient (Wildman–Crippen LogP) is 3.81. The number of benzene rings is 1. The number of fused-ring (bicyclic) bond motifs is 1. The van der Waals surface area contributed by atoms with Crippen LogP contribution >= 0.6 is 22.7 Å². The Hall–Kier alpha value is -1.86. The normalized spacial score (nSPS) is 16.0. The van der Waals surface area contributed by atoms with Crippen LogP contribution in [-0.2, 0) is 0 Å². The Balaban J connectivity index is 1.43. The molecule has 1 aromatic carbocycles. The van der Waals surface area contributed by atoms with Gasteiger partial charge in [-0.3, -0.25) is 0 Å². The lowest BCUT2D eigenvalue weighted by Crippen LogP contribution is -2.38. The fourth-order valence-electron chi connectivity index (χ4n) is 2.73. The van der Waals surface area contributed by atoms with Gasteiger partial charge in [-0.2, -0.15) is 0 Å². The van der Waals surface area contributed by atoms with Crippen molar-refractivity contribution in [3.63, 3.8) is 0 Å². The van der Waals surface area contributed by atoms with Crippen LogP contribution in [0, 0.1) is 0 Å². The summed E-state index contributed by atoms with van der Waals surface area (Å²) in [6.45, 7) is 1.93. The van der Waals surface area contributed by atoms with Gasteiger partial charge < -0.3 is 14.4 Å². The fraction of sp³-hybridized carbons (Fsp3) is 0.375. The van der Waals surface area contributed by atoms with Gasteiger partial charge in [-0.25, -0.2) is 9.97 Å². The summed E-state index contributed by atoms with van der Waals surface area (Å²) in [7, 11) is 1.69. The predicted molar refractivity (Wildman–Crippen MR) is 94.1 cm³/mol. The highest BCUT2D eigenvalue weighted by molar-refractivity contribution is 7.22. The van der Waals surface area contributed by atoms with Crippen molar-refractivity contribution in [2.45, 2.75) is 18.9 Å². The Labute approximate surface area is 142 Å². The topological polar surface area (TPSA) is 47.5 Å². The lowest BCUT2D eigenvalue weighted by Gasteiger charge is -2.31.